The van der Waals surface area contributed by atoms with Crippen LogP contribution in [0.5, 0.6) is 0 Å². The van der Waals surface area contributed by atoms with Crippen LogP contribution in [0.2, 0.25) is 0 Å². The van der Waals surface area contributed by atoms with Crippen molar-refractivity contribution < 1.29 is 45.5 Å². The first-order valence-electron chi connectivity index (χ1n) is 8.68. The van der Waals surface area contributed by atoms with Gasteiger partial charge in [-0.3, -0.25) is 14.4 Å². The third-order valence-electron chi connectivity index (χ3n) is 3.97. The highest BCUT2D eigenvalue weighted by Gasteiger charge is 2.37. The number of halogens is 6. The molecule has 2 atom stereocenters. The van der Waals surface area contributed by atoms with Crippen LogP contribution in [0, 0.1) is 5.92 Å². The maximum Gasteiger partial charge on any atom is 0.416 e. The Morgan fingerprint density at radius 1 is 1.03 bits per heavy atom. The van der Waals surface area contributed by atoms with E-state index in [1.54, 1.807) is 6.92 Å². The lowest BCUT2D eigenvalue weighted by Crippen LogP contribution is -2.46. The Hall–Kier alpha value is -2.79. The standard InChI is InChI=1S/C18H20F6N2O4/c1-3-30-16(29)9(2)4-13(15(25)28)26-14(27)7-10-5-11(17(19,20)21)8-12(6-10)18(22,23)24/h5-6,8-9,13H,3-4,7H2,1-2H3,(H2,25,28)(H,26,27)/t9-,13+/m1/s1. The van der Waals surface area contributed by atoms with Gasteiger partial charge in [-0.15, -0.1) is 0 Å². The Morgan fingerprint density at radius 2 is 1.53 bits per heavy atom. The van der Waals surface area contributed by atoms with Crippen LogP contribution in [0.1, 0.15) is 37.0 Å². The second kappa shape index (κ2) is 9.81. The third-order valence-corrected chi connectivity index (χ3v) is 3.97. The van der Waals surface area contributed by atoms with E-state index < -0.39 is 65.2 Å². The minimum Gasteiger partial charge on any atom is -0.466 e. The number of ether oxygens (including phenoxy) is 1. The van der Waals surface area contributed by atoms with Crippen LogP contribution >= 0.6 is 0 Å². The molecule has 3 N–H and O–H groups in total. The van der Waals surface area contributed by atoms with Gasteiger partial charge < -0.3 is 15.8 Å². The number of rotatable bonds is 8. The first-order chi connectivity index (χ1) is 13.6. The monoisotopic (exact) mass is 442 g/mol. The molecule has 1 aromatic carbocycles. The van der Waals surface area contributed by atoms with Gasteiger partial charge in [0.15, 0.2) is 0 Å². The van der Waals surface area contributed by atoms with Crippen molar-refractivity contribution in [2.24, 2.45) is 11.7 Å². The van der Waals surface area contributed by atoms with Crippen LogP contribution in [-0.2, 0) is 37.9 Å². The van der Waals surface area contributed by atoms with E-state index in [1.807, 2.05) is 0 Å². The number of alkyl halides is 6. The molecule has 0 saturated heterocycles. The van der Waals surface area contributed by atoms with E-state index in [0.717, 1.165) is 0 Å². The maximum atomic E-state index is 12.9. The Balaban J connectivity index is 3.02. The van der Waals surface area contributed by atoms with Gasteiger partial charge in [-0.1, -0.05) is 6.92 Å². The number of carbonyl (C=O) groups is 3. The molecular weight excluding hydrogens is 422 g/mol. The molecule has 1 aromatic rings. The molecule has 0 aliphatic carbocycles. The fourth-order valence-corrected chi connectivity index (χ4v) is 2.53. The molecule has 0 unspecified atom stereocenters. The van der Waals surface area contributed by atoms with Gasteiger partial charge in [-0.25, -0.2) is 0 Å². The lowest BCUT2D eigenvalue weighted by atomic mass is 10.00. The maximum absolute atomic E-state index is 12.9. The third kappa shape index (κ3) is 7.56. The number of esters is 1. The molecule has 30 heavy (non-hydrogen) atoms. The number of nitrogens with one attached hydrogen (secondary N) is 1. The number of carbonyl (C=O) groups excluding carboxylic acids is 3. The Morgan fingerprint density at radius 3 is 1.93 bits per heavy atom. The van der Waals surface area contributed by atoms with Crippen molar-refractivity contribution in [1.82, 2.24) is 5.32 Å². The first-order valence-corrected chi connectivity index (χ1v) is 8.68. The van der Waals surface area contributed by atoms with Crippen molar-refractivity contribution in [3.8, 4) is 0 Å². The van der Waals surface area contributed by atoms with Gasteiger partial charge in [-0.05, 0) is 37.1 Å². The summed E-state index contributed by atoms with van der Waals surface area (Å²) >= 11 is 0. The molecule has 0 heterocycles. The van der Waals surface area contributed by atoms with E-state index in [2.05, 4.69) is 5.32 Å². The summed E-state index contributed by atoms with van der Waals surface area (Å²) in [7, 11) is 0. The van der Waals surface area contributed by atoms with E-state index >= 15 is 0 Å². The highest BCUT2D eigenvalue weighted by atomic mass is 19.4. The number of hydrogen-bond acceptors (Lipinski definition) is 4. The van der Waals surface area contributed by atoms with Crippen molar-refractivity contribution in [2.75, 3.05) is 6.61 Å². The average Bonchev–Trinajstić information content (AvgIpc) is 2.59. The second-order valence-corrected chi connectivity index (χ2v) is 6.50. The highest BCUT2D eigenvalue weighted by molar-refractivity contribution is 5.88. The molecule has 12 heteroatoms. The van der Waals surface area contributed by atoms with E-state index in [0.29, 0.717) is 12.1 Å². The summed E-state index contributed by atoms with van der Waals surface area (Å²) in [6.45, 7) is 3.04. The summed E-state index contributed by atoms with van der Waals surface area (Å²) in [6, 6.07) is -0.607. The van der Waals surface area contributed by atoms with Crippen molar-refractivity contribution in [3.05, 3.63) is 34.9 Å². The van der Waals surface area contributed by atoms with Crippen molar-refractivity contribution >= 4 is 17.8 Å². The molecule has 0 bridgehead atoms. The number of nitrogens with two attached hydrogens (primary N) is 1. The predicted octanol–water partition coefficient (Wildman–Crippen LogP) is 2.83. The molecule has 0 radical (unpaired) electrons. The van der Waals surface area contributed by atoms with Gasteiger partial charge in [0.1, 0.15) is 6.04 Å². The lowest BCUT2D eigenvalue weighted by molar-refractivity contribution is -0.148. The summed E-state index contributed by atoms with van der Waals surface area (Å²) in [4.78, 5) is 35.3. The van der Waals surface area contributed by atoms with Crippen LogP contribution in [0.3, 0.4) is 0 Å². The minimum atomic E-state index is -5.06. The Bertz CT molecular complexity index is 760. The molecule has 1 rings (SSSR count). The zero-order valence-corrected chi connectivity index (χ0v) is 16.0. The quantitative estimate of drug-likeness (QED) is 0.478. The molecule has 0 aliphatic heterocycles. The first kappa shape index (κ1) is 25.2. The minimum absolute atomic E-state index is 0.0609. The Labute approximate surface area is 167 Å². The van der Waals surface area contributed by atoms with Gasteiger partial charge >= 0.3 is 18.3 Å². The number of primary amides is 1. The molecule has 0 fully saturated rings. The summed E-state index contributed by atoms with van der Waals surface area (Å²) < 4.78 is 82.1. The molecule has 0 saturated carbocycles. The van der Waals surface area contributed by atoms with Crippen LogP contribution in [0.25, 0.3) is 0 Å². The fraction of sp³-hybridized carbons (Fsp3) is 0.500. The molecule has 0 spiro atoms. The summed E-state index contributed by atoms with van der Waals surface area (Å²) in [5.74, 6) is -3.57. The zero-order chi connectivity index (χ0) is 23.3. The van der Waals surface area contributed by atoms with Crippen molar-refractivity contribution in [1.29, 1.82) is 0 Å². The van der Waals surface area contributed by atoms with Gasteiger partial charge in [0.25, 0.3) is 0 Å². The van der Waals surface area contributed by atoms with E-state index in [1.165, 1.54) is 6.92 Å². The highest BCUT2D eigenvalue weighted by Crippen LogP contribution is 2.36. The number of amides is 2. The normalized spacial score (nSPS) is 14.0. The summed E-state index contributed by atoms with van der Waals surface area (Å²) in [6.07, 6.45) is -11.2. The fourth-order valence-electron chi connectivity index (χ4n) is 2.53. The Kier molecular flexibility index (Phi) is 8.25. The second-order valence-electron chi connectivity index (χ2n) is 6.50. The smallest absolute Gasteiger partial charge is 0.416 e. The molecule has 2 amide bonds. The topological polar surface area (TPSA) is 98.5 Å². The van der Waals surface area contributed by atoms with E-state index in [-0.39, 0.29) is 19.1 Å². The number of benzene rings is 1. The molecular formula is C18H20F6N2O4. The van der Waals surface area contributed by atoms with Gasteiger partial charge in [0.05, 0.1) is 30.1 Å². The lowest BCUT2D eigenvalue weighted by Gasteiger charge is -2.19. The zero-order valence-electron chi connectivity index (χ0n) is 16.0. The summed E-state index contributed by atoms with van der Waals surface area (Å²) in [5, 5.41) is 2.13. The molecule has 6 nitrogen and oxygen atoms in total. The van der Waals surface area contributed by atoms with Crippen LogP contribution < -0.4 is 11.1 Å². The van der Waals surface area contributed by atoms with E-state index in [9.17, 15) is 40.7 Å². The SMILES string of the molecule is CCOC(=O)[C@H](C)C[C@H](NC(=O)Cc1cc(C(F)(F)F)cc(C(F)(F)F)c1)C(N)=O. The van der Waals surface area contributed by atoms with Crippen molar-refractivity contribution in [3.63, 3.8) is 0 Å². The molecule has 0 aliphatic rings. The van der Waals surface area contributed by atoms with Crippen LogP contribution in [0.4, 0.5) is 26.3 Å². The number of hydrogen-bond donors (Lipinski definition) is 2. The van der Waals surface area contributed by atoms with Crippen LogP contribution in [0.15, 0.2) is 18.2 Å². The largest absolute Gasteiger partial charge is 0.466 e. The molecule has 0 aromatic heterocycles. The molecule has 168 valence electrons. The van der Waals surface area contributed by atoms with Gasteiger partial charge in [-0.2, -0.15) is 26.3 Å². The van der Waals surface area contributed by atoms with E-state index in [4.69, 9.17) is 10.5 Å². The van der Waals surface area contributed by atoms with Crippen LogP contribution in [-0.4, -0.2) is 30.4 Å². The van der Waals surface area contributed by atoms with Gasteiger partial charge in [0.2, 0.25) is 11.8 Å². The van der Waals surface area contributed by atoms with Gasteiger partial charge in [0, 0.05) is 0 Å². The summed E-state index contributed by atoms with van der Waals surface area (Å²) in [5.41, 5.74) is 1.47. The predicted molar refractivity (Wildman–Crippen MR) is 91.7 cm³/mol. The average molecular weight is 442 g/mol. The van der Waals surface area contributed by atoms with Crippen molar-refractivity contribution in [2.45, 2.75) is 45.1 Å².